The second-order valence-corrected chi connectivity index (χ2v) is 4.54. The van der Waals surface area contributed by atoms with Crippen LogP contribution in [0.15, 0.2) is 0 Å². The van der Waals surface area contributed by atoms with E-state index in [4.69, 9.17) is 14.2 Å². The van der Waals surface area contributed by atoms with Crippen LogP contribution in [0.3, 0.4) is 0 Å². The third kappa shape index (κ3) is 2.68. The lowest BCUT2D eigenvalue weighted by Gasteiger charge is -2.49. The SMILES string of the molecule is CNC1C(OC)C(NC)C(OC)C(NC)C1OC. The van der Waals surface area contributed by atoms with E-state index in [1.807, 2.05) is 21.1 Å². The van der Waals surface area contributed by atoms with E-state index in [-0.39, 0.29) is 36.4 Å². The summed E-state index contributed by atoms with van der Waals surface area (Å²) < 4.78 is 16.9. The molecule has 1 rings (SSSR count). The van der Waals surface area contributed by atoms with E-state index in [0.717, 1.165) is 0 Å². The third-order valence-corrected chi connectivity index (χ3v) is 3.94. The first kappa shape index (κ1) is 15.8. The van der Waals surface area contributed by atoms with Crippen LogP contribution in [0.25, 0.3) is 0 Å². The van der Waals surface area contributed by atoms with Crippen LogP contribution in [0.5, 0.6) is 0 Å². The fraction of sp³-hybridized carbons (Fsp3) is 1.00. The van der Waals surface area contributed by atoms with Crippen LogP contribution in [0, 0.1) is 0 Å². The van der Waals surface area contributed by atoms with E-state index in [1.165, 1.54) is 0 Å². The number of rotatable bonds is 6. The van der Waals surface area contributed by atoms with Gasteiger partial charge in [0.15, 0.2) is 0 Å². The van der Waals surface area contributed by atoms with Crippen molar-refractivity contribution in [1.82, 2.24) is 16.0 Å². The molecule has 0 aliphatic heterocycles. The third-order valence-electron chi connectivity index (χ3n) is 3.94. The van der Waals surface area contributed by atoms with Gasteiger partial charge in [-0.15, -0.1) is 0 Å². The lowest BCUT2D eigenvalue weighted by Crippen LogP contribution is -2.73. The highest BCUT2D eigenvalue weighted by Crippen LogP contribution is 2.26. The molecule has 0 bridgehead atoms. The molecule has 0 unspecified atom stereocenters. The first-order chi connectivity index (χ1) is 8.69. The highest BCUT2D eigenvalue weighted by Gasteiger charge is 2.50. The number of hydrogen-bond acceptors (Lipinski definition) is 6. The molecule has 0 aromatic heterocycles. The van der Waals surface area contributed by atoms with Gasteiger partial charge in [0.2, 0.25) is 0 Å². The molecule has 6 heteroatoms. The summed E-state index contributed by atoms with van der Waals surface area (Å²) in [4.78, 5) is 0. The van der Waals surface area contributed by atoms with Crippen molar-refractivity contribution in [3.05, 3.63) is 0 Å². The van der Waals surface area contributed by atoms with E-state index in [0.29, 0.717) is 0 Å². The maximum atomic E-state index is 5.64. The average molecular weight is 261 g/mol. The molecule has 1 aliphatic carbocycles. The standard InChI is InChI=1S/C12H27N3O3/c1-13-7-10(16-4)8(14-2)12(18-6)9(15-3)11(7)17-5/h7-15H,1-6H3. The molecule has 6 nitrogen and oxygen atoms in total. The van der Waals surface area contributed by atoms with Gasteiger partial charge in [0.1, 0.15) is 0 Å². The fourth-order valence-electron chi connectivity index (χ4n) is 3.10. The summed E-state index contributed by atoms with van der Waals surface area (Å²) in [5.74, 6) is 0. The van der Waals surface area contributed by atoms with E-state index < -0.39 is 0 Å². The molecule has 0 atom stereocenters. The van der Waals surface area contributed by atoms with E-state index in [2.05, 4.69) is 16.0 Å². The molecule has 3 N–H and O–H groups in total. The monoisotopic (exact) mass is 261 g/mol. The van der Waals surface area contributed by atoms with Crippen molar-refractivity contribution in [3.63, 3.8) is 0 Å². The Hall–Kier alpha value is -0.240. The average Bonchev–Trinajstić information content (AvgIpc) is 2.43. The van der Waals surface area contributed by atoms with Crippen LogP contribution >= 0.6 is 0 Å². The van der Waals surface area contributed by atoms with E-state index >= 15 is 0 Å². The van der Waals surface area contributed by atoms with Crippen LogP contribution < -0.4 is 16.0 Å². The maximum absolute atomic E-state index is 5.64. The van der Waals surface area contributed by atoms with Gasteiger partial charge in [-0.2, -0.15) is 0 Å². The minimum absolute atomic E-state index is 0.0144. The smallest absolute Gasteiger partial charge is 0.0928 e. The van der Waals surface area contributed by atoms with Gasteiger partial charge in [-0.1, -0.05) is 0 Å². The number of hydrogen-bond donors (Lipinski definition) is 3. The van der Waals surface area contributed by atoms with Gasteiger partial charge in [0.05, 0.1) is 36.4 Å². The Labute approximate surface area is 110 Å². The lowest BCUT2D eigenvalue weighted by molar-refractivity contribution is -0.127. The first-order valence-corrected chi connectivity index (χ1v) is 6.30. The van der Waals surface area contributed by atoms with Gasteiger partial charge in [0, 0.05) is 21.3 Å². The largest absolute Gasteiger partial charge is 0.378 e. The molecule has 0 amide bonds. The van der Waals surface area contributed by atoms with Crippen molar-refractivity contribution in [2.75, 3.05) is 42.5 Å². The molecule has 0 spiro atoms. The topological polar surface area (TPSA) is 63.8 Å². The van der Waals surface area contributed by atoms with Crippen molar-refractivity contribution in [2.45, 2.75) is 36.4 Å². The van der Waals surface area contributed by atoms with Crippen LogP contribution in [0.1, 0.15) is 0 Å². The molecule has 0 aromatic carbocycles. The van der Waals surface area contributed by atoms with Crippen LogP contribution in [0.4, 0.5) is 0 Å². The normalized spacial score (nSPS) is 41.0. The summed E-state index contributed by atoms with van der Waals surface area (Å²) in [6.45, 7) is 0. The Balaban J connectivity index is 3.06. The summed E-state index contributed by atoms with van der Waals surface area (Å²) in [7, 11) is 10.9. The molecule has 0 radical (unpaired) electrons. The molecule has 18 heavy (non-hydrogen) atoms. The quantitative estimate of drug-likeness (QED) is 0.559. The molecule has 0 aromatic rings. The number of likely N-dealkylation sites (N-methyl/N-ethyl adjacent to an activating group) is 3. The number of methoxy groups -OCH3 is 3. The number of ether oxygens (including phenoxy) is 3. The highest BCUT2D eigenvalue weighted by atomic mass is 16.5. The first-order valence-electron chi connectivity index (χ1n) is 6.30. The Morgan fingerprint density at radius 1 is 0.556 bits per heavy atom. The number of nitrogens with one attached hydrogen (secondary N) is 3. The molecule has 108 valence electrons. The zero-order valence-electron chi connectivity index (χ0n) is 12.2. The van der Waals surface area contributed by atoms with E-state index in [9.17, 15) is 0 Å². The summed E-state index contributed by atoms with van der Waals surface area (Å²) >= 11 is 0. The van der Waals surface area contributed by atoms with Gasteiger partial charge in [-0.3, -0.25) is 0 Å². The summed E-state index contributed by atoms with van der Waals surface area (Å²) in [6, 6.07) is 0.295. The zero-order chi connectivity index (χ0) is 13.7. The predicted octanol–water partition coefficient (Wildman–Crippen LogP) is -1.19. The van der Waals surface area contributed by atoms with Gasteiger partial charge in [0.25, 0.3) is 0 Å². The second kappa shape index (κ2) is 7.37. The molecular weight excluding hydrogens is 234 g/mol. The van der Waals surface area contributed by atoms with Gasteiger partial charge in [-0.25, -0.2) is 0 Å². The molecule has 1 saturated carbocycles. The van der Waals surface area contributed by atoms with Crippen LogP contribution in [-0.2, 0) is 14.2 Å². The van der Waals surface area contributed by atoms with Gasteiger partial charge >= 0.3 is 0 Å². The van der Waals surface area contributed by atoms with Gasteiger partial charge in [-0.05, 0) is 21.1 Å². The van der Waals surface area contributed by atoms with Gasteiger partial charge < -0.3 is 30.2 Å². The summed E-state index contributed by atoms with van der Waals surface area (Å²) in [5, 5.41) is 9.88. The Morgan fingerprint density at radius 2 is 0.778 bits per heavy atom. The zero-order valence-corrected chi connectivity index (χ0v) is 12.2. The summed E-state index contributed by atoms with van der Waals surface area (Å²) in [6.07, 6.45) is -0.0431. The minimum atomic E-state index is -0.0144. The van der Waals surface area contributed by atoms with Crippen molar-refractivity contribution < 1.29 is 14.2 Å². The minimum Gasteiger partial charge on any atom is -0.378 e. The molecular formula is C12H27N3O3. The van der Waals surface area contributed by atoms with Crippen LogP contribution in [0.2, 0.25) is 0 Å². The van der Waals surface area contributed by atoms with Crippen molar-refractivity contribution in [1.29, 1.82) is 0 Å². The Kier molecular flexibility index (Phi) is 6.48. The maximum Gasteiger partial charge on any atom is 0.0928 e. The van der Waals surface area contributed by atoms with E-state index in [1.54, 1.807) is 21.3 Å². The predicted molar refractivity (Wildman–Crippen MR) is 70.9 cm³/mol. The van der Waals surface area contributed by atoms with Crippen LogP contribution in [-0.4, -0.2) is 78.9 Å². The van der Waals surface area contributed by atoms with Crippen molar-refractivity contribution >= 4 is 0 Å². The Morgan fingerprint density at radius 3 is 0.889 bits per heavy atom. The molecule has 0 heterocycles. The van der Waals surface area contributed by atoms with Crippen molar-refractivity contribution in [2.24, 2.45) is 0 Å². The molecule has 1 aliphatic rings. The molecule has 1 fully saturated rings. The fourth-order valence-corrected chi connectivity index (χ4v) is 3.10. The second-order valence-electron chi connectivity index (χ2n) is 4.54. The Bertz CT molecular complexity index is 169. The lowest BCUT2D eigenvalue weighted by atomic mass is 9.79. The highest BCUT2D eigenvalue weighted by molar-refractivity contribution is 5.08. The summed E-state index contributed by atoms with van der Waals surface area (Å²) in [5.41, 5.74) is 0. The molecule has 0 saturated heterocycles. The van der Waals surface area contributed by atoms with Crippen molar-refractivity contribution in [3.8, 4) is 0 Å².